The van der Waals surface area contributed by atoms with Gasteiger partial charge in [0, 0.05) is 17.8 Å². The molecule has 1 aromatic heterocycles. The van der Waals surface area contributed by atoms with E-state index in [1.807, 2.05) is 49.4 Å². The van der Waals surface area contributed by atoms with Crippen LogP contribution in [0.3, 0.4) is 0 Å². The molecule has 0 amide bonds. The lowest BCUT2D eigenvalue weighted by Crippen LogP contribution is -2.11. The molecule has 1 aromatic carbocycles. The Hall–Kier alpha value is -1.87. The zero-order valence-electron chi connectivity index (χ0n) is 10.8. The normalized spacial score (nSPS) is 12.2. The van der Waals surface area contributed by atoms with Gasteiger partial charge in [-0.3, -0.25) is 0 Å². The second-order valence-electron chi connectivity index (χ2n) is 4.25. The van der Waals surface area contributed by atoms with Gasteiger partial charge in [-0.15, -0.1) is 0 Å². The van der Waals surface area contributed by atoms with Crippen LogP contribution in [0.15, 0.2) is 42.5 Å². The Labute approximate surface area is 108 Å². The van der Waals surface area contributed by atoms with E-state index in [-0.39, 0.29) is 6.04 Å². The first-order chi connectivity index (χ1) is 8.70. The molecule has 0 saturated heterocycles. The van der Waals surface area contributed by atoms with Crippen LogP contribution in [-0.2, 0) is 0 Å². The Bertz CT molecular complexity index is 511. The molecule has 2 N–H and O–H groups in total. The average molecular weight is 242 g/mol. The SMILES string of the molecule is CC[C@@H](N)c1ccc(Oc2ccccc2)nc1C. The van der Waals surface area contributed by atoms with E-state index in [4.69, 9.17) is 10.5 Å². The summed E-state index contributed by atoms with van der Waals surface area (Å²) < 4.78 is 5.68. The molecule has 0 saturated carbocycles. The highest BCUT2D eigenvalue weighted by Gasteiger charge is 2.09. The quantitative estimate of drug-likeness (QED) is 0.891. The maximum Gasteiger partial charge on any atom is 0.219 e. The highest BCUT2D eigenvalue weighted by Crippen LogP contribution is 2.23. The van der Waals surface area contributed by atoms with E-state index in [1.54, 1.807) is 0 Å². The van der Waals surface area contributed by atoms with Gasteiger partial charge >= 0.3 is 0 Å². The molecule has 2 aromatic rings. The molecule has 0 spiro atoms. The number of aromatic nitrogens is 1. The summed E-state index contributed by atoms with van der Waals surface area (Å²) in [4.78, 5) is 4.44. The number of rotatable bonds is 4. The Morgan fingerprint density at radius 3 is 2.50 bits per heavy atom. The van der Waals surface area contributed by atoms with Crippen molar-refractivity contribution in [3.8, 4) is 11.6 Å². The van der Waals surface area contributed by atoms with Crippen molar-refractivity contribution in [3.05, 3.63) is 53.7 Å². The van der Waals surface area contributed by atoms with Crippen molar-refractivity contribution >= 4 is 0 Å². The summed E-state index contributed by atoms with van der Waals surface area (Å²) >= 11 is 0. The van der Waals surface area contributed by atoms with Crippen molar-refractivity contribution in [1.82, 2.24) is 4.98 Å². The van der Waals surface area contributed by atoms with Crippen LogP contribution in [0.25, 0.3) is 0 Å². The third-order valence-electron chi connectivity index (χ3n) is 2.91. The Kier molecular flexibility index (Phi) is 3.95. The Morgan fingerprint density at radius 2 is 1.89 bits per heavy atom. The summed E-state index contributed by atoms with van der Waals surface area (Å²) in [6.45, 7) is 4.03. The number of ether oxygens (including phenoxy) is 1. The second-order valence-corrected chi connectivity index (χ2v) is 4.25. The molecule has 3 heteroatoms. The molecule has 0 radical (unpaired) electrons. The molecular formula is C15H18N2O. The van der Waals surface area contributed by atoms with Crippen molar-refractivity contribution in [2.45, 2.75) is 26.3 Å². The third-order valence-corrected chi connectivity index (χ3v) is 2.91. The first-order valence-corrected chi connectivity index (χ1v) is 6.16. The first-order valence-electron chi connectivity index (χ1n) is 6.16. The zero-order chi connectivity index (χ0) is 13.0. The fraction of sp³-hybridized carbons (Fsp3) is 0.267. The standard InChI is InChI=1S/C15H18N2O/c1-3-14(16)13-9-10-15(17-11(13)2)18-12-7-5-4-6-8-12/h4-10,14H,3,16H2,1-2H3/t14-/m1/s1. The van der Waals surface area contributed by atoms with E-state index in [0.29, 0.717) is 5.88 Å². The van der Waals surface area contributed by atoms with Gasteiger partial charge in [-0.2, -0.15) is 0 Å². The summed E-state index contributed by atoms with van der Waals surface area (Å²) in [6, 6.07) is 13.5. The van der Waals surface area contributed by atoms with Crippen LogP contribution < -0.4 is 10.5 Å². The van der Waals surface area contributed by atoms with Crippen LogP contribution in [-0.4, -0.2) is 4.98 Å². The smallest absolute Gasteiger partial charge is 0.219 e. The van der Waals surface area contributed by atoms with Gasteiger partial charge in [-0.1, -0.05) is 31.2 Å². The van der Waals surface area contributed by atoms with Gasteiger partial charge in [0.05, 0.1) is 0 Å². The number of nitrogens with two attached hydrogens (primary N) is 1. The van der Waals surface area contributed by atoms with Crippen molar-refractivity contribution in [2.75, 3.05) is 0 Å². The van der Waals surface area contributed by atoms with Gasteiger partial charge < -0.3 is 10.5 Å². The molecule has 0 aliphatic carbocycles. The van der Waals surface area contributed by atoms with Crippen molar-refractivity contribution < 1.29 is 4.74 Å². The highest BCUT2D eigenvalue weighted by atomic mass is 16.5. The number of aryl methyl sites for hydroxylation is 1. The molecule has 18 heavy (non-hydrogen) atoms. The number of benzene rings is 1. The molecular weight excluding hydrogens is 224 g/mol. The summed E-state index contributed by atoms with van der Waals surface area (Å²) in [5, 5.41) is 0. The second kappa shape index (κ2) is 5.65. The minimum absolute atomic E-state index is 0.0447. The van der Waals surface area contributed by atoms with E-state index in [9.17, 15) is 0 Å². The van der Waals surface area contributed by atoms with Crippen LogP contribution in [0.1, 0.15) is 30.6 Å². The highest BCUT2D eigenvalue weighted by molar-refractivity contribution is 5.31. The van der Waals surface area contributed by atoms with Crippen LogP contribution in [0.4, 0.5) is 0 Å². The Morgan fingerprint density at radius 1 is 1.17 bits per heavy atom. The molecule has 0 unspecified atom stereocenters. The number of hydrogen-bond acceptors (Lipinski definition) is 3. The lowest BCUT2D eigenvalue weighted by molar-refractivity contribution is 0.460. The summed E-state index contributed by atoms with van der Waals surface area (Å²) in [6.07, 6.45) is 0.904. The van der Waals surface area contributed by atoms with E-state index in [2.05, 4.69) is 11.9 Å². The van der Waals surface area contributed by atoms with Crippen LogP contribution in [0.2, 0.25) is 0 Å². The van der Waals surface area contributed by atoms with Gasteiger partial charge in [-0.25, -0.2) is 4.98 Å². The maximum absolute atomic E-state index is 6.02. The first kappa shape index (κ1) is 12.6. The largest absolute Gasteiger partial charge is 0.439 e. The number of nitrogens with zero attached hydrogens (tertiary/aromatic N) is 1. The van der Waals surface area contributed by atoms with E-state index >= 15 is 0 Å². The number of pyridine rings is 1. The van der Waals surface area contributed by atoms with E-state index in [1.165, 1.54) is 0 Å². The zero-order valence-corrected chi connectivity index (χ0v) is 10.8. The molecule has 94 valence electrons. The topological polar surface area (TPSA) is 48.1 Å². The van der Waals surface area contributed by atoms with Gasteiger partial charge in [0.25, 0.3) is 0 Å². The predicted octanol–water partition coefficient (Wildman–Crippen LogP) is 3.59. The fourth-order valence-electron chi connectivity index (χ4n) is 1.83. The summed E-state index contributed by atoms with van der Waals surface area (Å²) in [5.41, 5.74) is 8.03. The predicted molar refractivity (Wildman–Crippen MR) is 72.7 cm³/mol. The van der Waals surface area contributed by atoms with Crippen LogP contribution in [0.5, 0.6) is 11.6 Å². The van der Waals surface area contributed by atoms with E-state index < -0.39 is 0 Å². The molecule has 1 atom stereocenters. The molecule has 1 heterocycles. The monoisotopic (exact) mass is 242 g/mol. The summed E-state index contributed by atoms with van der Waals surface area (Å²) in [5.74, 6) is 1.39. The van der Waals surface area contributed by atoms with Gasteiger partial charge in [0.1, 0.15) is 5.75 Å². The Balaban J connectivity index is 2.19. The molecule has 0 aliphatic heterocycles. The fourth-order valence-corrected chi connectivity index (χ4v) is 1.83. The minimum Gasteiger partial charge on any atom is -0.439 e. The lowest BCUT2D eigenvalue weighted by Gasteiger charge is -2.13. The summed E-state index contributed by atoms with van der Waals surface area (Å²) in [7, 11) is 0. The van der Waals surface area contributed by atoms with Crippen molar-refractivity contribution in [1.29, 1.82) is 0 Å². The molecule has 3 nitrogen and oxygen atoms in total. The van der Waals surface area contributed by atoms with Gasteiger partial charge in [0.2, 0.25) is 5.88 Å². The molecule has 0 aliphatic rings. The maximum atomic E-state index is 6.02. The van der Waals surface area contributed by atoms with Crippen LogP contribution in [0, 0.1) is 6.92 Å². The molecule has 2 rings (SSSR count). The van der Waals surface area contributed by atoms with Crippen molar-refractivity contribution in [2.24, 2.45) is 5.73 Å². The van der Waals surface area contributed by atoms with Gasteiger partial charge in [-0.05, 0) is 31.0 Å². The van der Waals surface area contributed by atoms with Crippen LogP contribution >= 0.6 is 0 Å². The minimum atomic E-state index is 0.0447. The molecule has 0 bridgehead atoms. The average Bonchev–Trinajstić information content (AvgIpc) is 2.39. The number of hydrogen-bond donors (Lipinski definition) is 1. The lowest BCUT2D eigenvalue weighted by atomic mass is 10.0. The van der Waals surface area contributed by atoms with Gasteiger partial charge in [0.15, 0.2) is 0 Å². The number of para-hydroxylation sites is 1. The van der Waals surface area contributed by atoms with E-state index in [0.717, 1.165) is 23.4 Å². The third kappa shape index (κ3) is 2.87. The molecule has 0 fully saturated rings. The van der Waals surface area contributed by atoms with Crippen molar-refractivity contribution in [3.63, 3.8) is 0 Å².